The molecule has 150 valence electrons. The monoisotopic (exact) mass is 421 g/mol. The lowest BCUT2D eigenvalue weighted by molar-refractivity contribution is -0.132. The third-order valence-corrected chi connectivity index (χ3v) is 5.73. The van der Waals surface area contributed by atoms with Gasteiger partial charge in [0.25, 0.3) is 0 Å². The van der Waals surface area contributed by atoms with E-state index in [0.29, 0.717) is 23.7 Å². The average Bonchev–Trinajstić information content (AvgIpc) is 2.68. The summed E-state index contributed by atoms with van der Waals surface area (Å²) in [5.74, 6) is -0.0659. The smallest absolute Gasteiger partial charge is 0.224 e. The highest BCUT2D eigenvalue weighted by Gasteiger charge is 2.26. The predicted octanol–water partition coefficient (Wildman–Crippen LogP) is 2.67. The maximum Gasteiger partial charge on any atom is 0.224 e. The molecule has 0 spiro atoms. The van der Waals surface area contributed by atoms with Crippen LogP contribution in [0.4, 0.5) is 5.69 Å². The Balaban J connectivity index is 1.64. The molecule has 1 atom stereocenters. The molecule has 0 saturated carbocycles. The van der Waals surface area contributed by atoms with Crippen LogP contribution in [0.25, 0.3) is 0 Å². The molecule has 1 aliphatic rings. The van der Waals surface area contributed by atoms with Crippen molar-refractivity contribution < 1.29 is 13.2 Å². The van der Waals surface area contributed by atoms with Crippen LogP contribution in [0, 0.1) is 0 Å². The van der Waals surface area contributed by atoms with Gasteiger partial charge in [0.15, 0.2) is 0 Å². The lowest BCUT2D eigenvalue weighted by Gasteiger charge is -2.36. The molecule has 1 aliphatic heterocycles. The van der Waals surface area contributed by atoms with Crippen LogP contribution in [0.2, 0.25) is 5.02 Å². The molecule has 1 amide bonds. The van der Waals surface area contributed by atoms with Crippen molar-refractivity contribution in [1.82, 2.24) is 9.62 Å². The Bertz CT molecular complexity index is 896. The van der Waals surface area contributed by atoms with Gasteiger partial charge in [-0.15, -0.1) is 0 Å². The van der Waals surface area contributed by atoms with Gasteiger partial charge >= 0.3 is 0 Å². The van der Waals surface area contributed by atoms with Crippen LogP contribution < -0.4 is 9.62 Å². The summed E-state index contributed by atoms with van der Waals surface area (Å²) in [6, 6.07) is 16.3. The Morgan fingerprint density at radius 2 is 1.64 bits per heavy atom. The summed E-state index contributed by atoms with van der Waals surface area (Å²) in [5.41, 5.74) is 1.86. The fraction of sp³-hybridized carbons (Fsp3) is 0.350. The first kappa shape index (κ1) is 20.6. The second-order valence-electron chi connectivity index (χ2n) is 6.90. The molecule has 3 rings (SSSR count). The first-order valence-electron chi connectivity index (χ1n) is 9.12. The SMILES string of the molecule is CS(=O)(=O)N[C@H](CC(=O)N1CCN(c2ccccc2)CC1)c1ccc(Cl)cc1. The van der Waals surface area contributed by atoms with Crippen molar-refractivity contribution in [3.05, 3.63) is 65.2 Å². The maximum atomic E-state index is 12.8. The number of halogens is 1. The quantitative estimate of drug-likeness (QED) is 0.778. The fourth-order valence-electron chi connectivity index (χ4n) is 3.34. The first-order chi connectivity index (χ1) is 13.3. The number of piperazine rings is 1. The van der Waals surface area contributed by atoms with Gasteiger partial charge in [0, 0.05) is 43.3 Å². The number of nitrogens with zero attached hydrogens (tertiary/aromatic N) is 2. The van der Waals surface area contributed by atoms with E-state index in [1.165, 1.54) is 0 Å². The van der Waals surface area contributed by atoms with Crippen LogP contribution in [0.15, 0.2) is 54.6 Å². The largest absolute Gasteiger partial charge is 0.368 e. The topological polar surface area (TPSA) is 69.7 Å². The number of benzene rings is 2. The van der Waals surface area contributed by atoms with Crippen LogP contribution in [-0.4, -0.2) is 51.7 Å². The van der Waals surface area contributed by atoms with Crippen molar-refractivity contribution in [1.29, 1.82) is 0 Å². The van der Waals surface area contributed by atoms with Gasteiger partial charge in [0.05, 0.1) is 12.3 Å². The van der Waals surface area contributed by atoms with Crippen LogP contribution in [0.1, 0.15) is 18.0 Å². The second kappa shape index (κ2) is 8.94. The van der Waals surface area contributed by atoms with Crippen LogP contribution >= 0.6 is 11.6 Å². The van der Waals surface area contributed by atoms with Crippen LogP contribution in [0.5, 0.6) is 0 Å². The van der Waals surface area contributed by atoms with Gasteiger partial charge in [-0.3, -0.25) is 4.79 Å². The molecule has 0 bridgehead atoms. The highest BCUT2D eigenvalue weighted by molar-refractivity contribution is 7.88. The minimum Gasteiger partial charge on any atom is -0.368 e. The highest BCUT2D eigenvalue weighted by Crippen LogP contribution is 2.22. The van der Waals surface area contributed by atoms with Gasteiger partial charge in [0.1, 0.15) is 0 Å². The average molecular weight is 422 g/mol. The zero-order valence-corrected chi connectivity index (χ0v) is 17.3. The Morgan fingerprint density at radius 3 is 2.21 bits per heavy atom. The Kier molecular flexibility index (Phi) is 6.59. The number of anilines is 1. The van der Waals surface area contributed by atoms with Gasteiger partial charge in [0.2, 0.25) is 15.9 Å². The number of rotatable bonds is 6. The molecule has 0 unspecified atom stereocenters. The third-order valence-electron chi connectivity index (χ3n) is 4.76. The van der Waals surface area contributed by atoms with E-state index in [1.54, 1.807) is 29.2 Å². The third kappa shape index (κ3) is 5.70. The zero-order valence-electron chi connectivity index (χ0n) is 15.7. The summed E-state index contributed by atoms with van der Waals surface area (Å²) < 4.78 is 26.1. The van der Waals surface area contributed by atoms with E-state index in [4.69, 9.17) is 11.6 Å². The summed E-state index contributed by atoms with van der Waals surface area (Å²) in [4.78, 5) is 16.9. The number of para-hydroxylation sites is 1. The lowest BCUT2D eigenvalue weighted by Crippen LogP contribution is -2.49. The maximum absolute atomic E-state index is 12.8. The van der Waals surface area contributed by atoms with Gasteiger partial charge in [-0.05, 0) is 29.8 Å². The summed E-state index contributed by atoms with van der Waals surface area (Å²) in [5, 5.41) is 0.560. The Hall–Kier alpha value is -2.09. The van der Waals surface area contributed by atoms with E-state index in [0.717, 1.165) is 25.0 Å². The molecule has 1 fully saturated rings. The standard InChI is InChI=1S/C20H24ClN3O3S/c1-28(26,27)22-19(16-7-9-17(21)10-8-16)15-20(25)24-13-11-23(12-14-24)18-5-3-2-4-6-18/h2-10,19,22H,11-15H2,1H3/t19-/m1/s1. The molecule has 8 heteroatoms. The Labute approximate surface area is 171 Å². The van der Waals surface area contributed by atoms with Gasteiger partial charge in [-0.1, -0.05) is 41.9 Å². The first-order valence-corrected chi connectivity index (χ1v) is 11.4. The molecule has 0 radical (unpaired) electrons. The number of sulfonamides is 1. The van der Waals surface area contributed by atoms with Crippen LogP contribution in [0.3, 0.4) is 0 Å². The Morgan fingerprint density at radius 1 is 1.04 bits per heavy atom. The molecule has 1 N–H and O–H groups in total. The van der Waals surface area contributed by atoms with Gasteiger partial charge < -0.3 is 9.80 Å². The normalized spacial score (nSPS) is 16.1. The number of hydrogen-bond acceptors (Lipinski definition) is 4. The summed E-state index contributed by atoms with van der Waals surface area (Å²) in [7, 11) is -3.46. The summed E-state index contributed by atoms with van der Waals surface area (Å²) in [6.07, 6.45) is 1.17. The van der Waals surface area contributed by atoms with Crippen molar-refractivity contribution in [3.8, 4) is 0 Å². The summed E-state index contributed by atoms with van der Waals surface area (Å²) in [6.45, 7) is 2.72. The van der Waals surface area contributed by atoms with Crippen LogP contribution in [-0.2, 0) is 14.8 Å². The summed E-state index contributed by atoms with van der Waals surface area (Å²) >= 11 is 5.92. The van der Waals surface area contributed by atoms with Crippen molar-refractivity contribution in [2.45, 2.75) is 12.5 Å². The number of hydrogen-bond donors (Lipinski definition) is 1. The predicted molar refractivity (Wildman–Crippen MR) is 112 cm³/mol. The number of carbonyl (C=O) groups excluding carboxylic acids is 1. The minimum atomic E-state index is -3.46. The van der Waals surface area contributed by atoms with E-state index < -0.39 is 16.1 Å². The van der Waals surface area contributed by atoms with E-state index in [9.17, 15) is 13.2 Å². The molecule has 6 nitrogen and oxygen atoms in total. The van der Waals surface area contributed by atoms with Crippen molar-refractivity contribution >= 4 is 33.2 Å². The fourth-order valence-corrected chi connectivity index (χ4v) is 4.20. The van der Waals surface area contributed by atoms with Gasteiger partial charge in [-0.2, -0.15) is 0 Å². The number of amides is 1. The molecule has 0 aromatic heterocycles. The van der Waals surface area contributed by atoms with Crippen molar-refractivity contribution in [2.24, 2.45) is 0 Å². The molecular weight excluding hydrogens is 398 g/mol. The van der Waals surface area contributed by atoms with Crippen molar-refractivity contribution in [2.75, 3.05) is 37.3 Å². The van der Waals surface area contributed by atoms with Gasteiger partial charge in [-0.25, -0.2) is 13.1 Å². The molecule has 28 heavy (non-hydrogen) atoms. The van der Waals surface area contributed by atoms with E-state index in [-0.39, 0.29) is 12.3 Å². The molecule has 2 aromatic carbocycles. The van der Waals surface area contributed by atoms with E-state index in [1.807, 2.05) is 18.2 Å². The molecule has 1 heterocycles. The second-order valence-corrected chi connectivity index (χ2v) is 9.12. The molecular formula is C20H24ClN3O3S. The minimum absolute atomic E-state index is 0.0659. The molecule has 2 aromatic rings. The van der Waals surface area contributed by atoms with Crippen molar-refractivity contribution in [3.63, 3.8) is 0 Å². The lowest BCUT2D eigenvalue weighted by atomic mass is 10.0. The zero-order chi connectivity index (χ0) is 20.1. The van der Waals surface area contributed by atoms with E-state index >= 15 is 0 Å². The molecule has 0 aliphatic carbocycles. The number of carbonyl (C=O) groups is 1. The number of nitrogens with one attached hydrogen (secondary N) is 1. The highest BCUT2D eigenvalue weighted by atomic mass is 35.5. The van der Waals surface area contributed by atoms with E-state index in [2.05, 4.69) is 21.8 Å². The molecule has 1 saturated heterocycles.